The van der Waals surface area contributed by atoms with Crippen LogP contribution in [0, 0.1) is 0 Å². The molecule has 2 N–H and O–H groups in total. The van der Waals surface area contributed by atoms with E-state index in [1.54, 1.807) is 12.1 Å². The second-order valence-corrected chi connectivity index (χ2v) is 7.06. The molecule has 0 saturated heterocycles. The van der Waals surface area contributed by atoms with Crippen molar-refractivity contribution in [2.45, 2.75) is 52.6 Å². The molecule has 0 aliphatic rings. The molecular weight excluding hydrogens is 338 g/mol. The summed E-state index contributed by atoms with van der Waals surface area (Å²) >= 11 is 6.05. The molecule has 0 radical (unpaired) electrons. The second kappa shape index (κ2) is 10.4. The normalized spacial score (nSPS) is 14.5. The molecule has 5 nitrogen and oxygen atoms in total. The molecule has 1 unspecified atom stereocenters. The van der Waals surface area contributed by atoms with E-state index in [0.717, 1.165) is 17.7 Å². The van der Waals surface area contributed by atoms with Crippen LogP contribution in [0.2, 0.25) is 5.02 Å². The Hall–Kier alpha value is -1.59. The minimum Gasteiger partial charge on any atom is -0.332 e. The van der Waals surface area contributed by atoms with Gasteiger partial charge >= 0.3 is 0 Å². The first kappa shape index (κ1) is 21.5. The number of nitrogens with one attached hydrogen (secondary N) is 2. The van der Waals surface area contributed by atoms with Crippen molar-refractivity contribution in [2.24, 2.45) is 0 Å². The molecule has 25 heavy (non-hydrogen) atoms. The van der Waals surface area contributed by atoms with Crippen LogP contribution >= 0.6 is 11.6 Å². The first-order valence-electron chi connectivity index (χ1n) is 8.96. The number of quaternary nitrogens is 1. The fraction of sp³-hybridized carbons (Fsp3) is 0.579. The summed E-state index contributed by atoms with van der Waals surface area (Å²) in [6.07, 6.45) is 1.84. The third-order valence-corrected chi connectivity index (χ3v) is 4.81. The Labute approximate surface area is 156 Å². The number of halogens is 1. The third kappa shape index (κ3) is 6.67. The molecule has 0 aliphatic carbocycles. The molecule has 3 atom stereocenters. The SMILES string of the molecule is CC[C@H](C)N(C(=O)C[NH+](C)CC(=O)Nc1ccccc1Cl)[C@@H](C)CC. The molecule has 6 heteroatoms. The van der Waals surface area contributed by atoms with Crippen LogP contribution in [0.4, 0.5) is 5.69 Å². The Kier molecular flexibility index (Phi) is 8.93. The predicted octanol–water partition coefficient (Wildman–Crippen LogP) is 2.22. The molecule has 0 aliphatic heterocycles. The van der Waals surface area contributed by atoms with Gasteiger partial charge in [-0.1, -0.05) is 37.6 Å². The lowest BCUT2D eigenvalue weighted by Crippen LogP contribution is -3.11. The maximum absolute atomic E-state index is 12.7. The molecule has 0 spiro atoms. The fourth-order valence-electron chi connectivity index (χ4n) is 2.76. The number of benzene rings is 1. The summed E-state index contributed by atoms with van der Waals surface area (Å²) in [6, 6.07) is 7.52. The van der Waals surface area contributed by atoms with Gasteiger partial charge in [-0.3, -0.25) is 9.59 Å². The van der Waals surface area contributed by atoms with Gasteiger partial charge in [0.1, 0.15) is 0 Å². The molecule has 1 rings (SSSR count). The Morgan fingerprint density at radius 3 is 2.20 bits per heavy atom. The fourth-order valence-corrected chi connectivity index (χ4v) is 2.95. The Morgan fingerprint density at radius 1 is 1.12 bits per heavy atom. The van der Waals surface area contributed by atoms with E-state index in [4.69, 9.17) is 11.6 Å². The molecule has 0 bridgehead atoms. The summed E-state index contributed by atoms with van der Waals surface area (Å²) in [4.78, 5) is 27.7. The predicted molar refractivity (Wildman–Crippen MR) is 103 cm³/mol. The lowest BCUT2D eigenvalue weighted by atomic mass is 10.1. The van der Waals surface area contributed by atoms with Crippen molar-refractivity contribution in [3.8, 4) is 0 Å². The first-order valence-corrected chi connectivity index (χ1v) is 9.34. The van der Waals surface area contributed by atoms with Gasteiger partial charge in [-0.05, 0) is 38.8 Å². The van der Waals surface area contributed by atoms with Gasteiger partial charge in [-0.15, -0.1) is 0 Å². The molecule has 140 valence electrons. The van der Waals surface area contributed by atoms with E-state index in [1.165, 1.54) is 0 Å². The molecule has 0 fully saturated rings. The van der Waals surface area contributed by atoms with E-state index in [1.807, 2.05) is 24.1 Å². The second-order valence-electron chi connectivity index (χ2n) is 6.65. The zero-order valence-electron chi connectivity index (χ0n) is 15.9. The van der Waals surface area contributed by atoms with Gasteiger partial charge in [-0.2, -0.15) is 0 Å². The average Bonchev–Trinajstić information content (AvgIpc) is 2.56. The van der Waals surface area contributed by atoms with Gasteiger partial charge in [0.25, 0.3) is 11.8 Å². The van der Waals surface area contributed by atoms with E-state index in [9.17, 15) is 9.59 Å². The highest BCUT2D eigenvalue weighted by Gasteiger charge is 2.26. The standard InChI is InChI=1S/C19H30ClN3O2/c1-6-14(3)23(15(4)7-2)19(25)13-22(5)12-18(24)21-17-11-9-8-10-16(17)20/h8-11,14-15H,6-7,12-13H2,1-5H3,(H,21,24)/p+1/t14-,15-/m0/s1. The number of hydrogen-bond acceptors (Lipinski definition) is 2. The van der Waals surface area contributed by atoms with Crippen molar-refractivity contribution in [3.63, 3.8) is 0 Å². The van der Waals surface area contributed by atoms with Crippen molar-refractivity contribution in [1.82, 2.24) is 4.90 Å². The monoisotopic (exact) mass is 368 g/mol. The molecule has 0 heterocycles. The lowest BCUT2D eigenvalue weighted by Gasteiger charge is -2.34. The van der Waals surface area contributed by atoms with Crippen LogP contribution in [0.5, 0.6) is 0 Å². The number of carbonyl (C=O) groups excluding carboxylic acids is 2. The van der Waals surface area contributed by atoms with Gasteiger partial charge in [0.2, 0.25) is 0 Å². The smallest absolute Gasteiger partial charge is 0.279 e. The third-order valence-electron chi connectivity index (χ3n) is 4.48. The van der Waals surface area contributed by atoms with E-state index < -0.39 is 0 Å². The first-order chi connectivity index (χ1) is 11.8. The summed E-state index contributed by atoms with van der Waals surface area (Å²) in [5.41, 5.74) is 0.592. The van der Waals surface area contributed by atoms with Gasteiger partial charge in [0, 0.05) is 12.1 Å². The Balaban J connectivity index is 2.61. The summed E-state index contributed by atoms with van der Waals surface area (Å²) in [6.45, 7) is 8.82. The van der Waals surface area contributed by atoms with Crippen molar-refractivity contribution >= 4 is 29.1 Å². The van der Waals surface area contributed by atoms with Gasteiger partial charge < -0.3 is 15.1 Å². The molecule has 1 aromatic rings. The van der Waals surface area contributed by atoms with E-state index in [0.29, 0.717) is 17.3 Å². The number of rotatable bonds is 9. The quantitative estimate of drug-likeness (QED) is 0.702. The largest absolute Gasteiger partial charge is 0.332 e. The Bertz CT molecular complexity index is 570. The number of carbonyl (C=O) groups is 2. The van der Waals surface area contributed by atoms with Crippen LogP contribution in [0.1, 0.15) is 40.5 Å². The zero-order valence-corrected chi connectivity index (χ0v) is 16.7. The van der Waals surface area contributed by atoms with Gasteiger partial charge in [0.05, 0.1) is 17.8 Å². The summed E-state index contributed by atoms with van der Waals surface area (Å²) in [5, 5.41) is 3.30. The van der Waals surface area contributed by atoms with Crippen molar-refractivity contribution in [3.05, 3.63) is 29.3 Å². The number of nitrogens with zero attached hydrogens (tertiary/aromatic N) is 1. The highest BCUT2D eigenvalue weighted by atomic mass is 35.5. The average molecular weight is 369 g/mol. The highest BCUT2D eigenvalue weighted by molar-refractivity contribution is 6.33. The highest BCUT2D eigenvalue weighted by Crippen LogP contribution is 2.19. The number of para-hydroxylation sites is 1. The van der Waals surface area contributed by atoms with E-state index in [-0.39, 0.29) is 30.4 Å². The van der Waals surface area contributed by atoms with Crippen LogP contribution in [-0.2, 0) is 9.59 Å². The van der Waals surface area contributed by atoms with Crippen LogP contribution < -0.4 is 10.2 Å². The van der Waals surface area contributed by atoms with Crippen LogP contribution in [-0.4, -0.2) is 48.9 Å². The number of likely N-dealkylation sites (N-methyl/N-ethyl adjacent to an activating group) is 1. The summed E-state index contributed by atoms with van der Waals surface area (Å²) in [7, 11) is 1.86. The molecule has 2 amide bonds. The molecular formula is C19H31ClN3O2+. The van der Waals surface area contributed by atoms with Gasteiger partial charge in [0.15, 0.2) is 13.1 Å². The minimum absolute atomic E-state index is 0.0896. The maximum atomic E-state index is 12.7. The molecule has 0 aromatic heterocycles. The zero-order chi connectivity index (χ0) is 19.0. The maximum Gasteiger partial charge on any atom is 0.279 e. The van der Waals surface area contributed by atoms with Crippen LogP contribution in [0.25, 0.3) is 0 Å². The topological polar surface area (TPSA) is 53.9 Å². The Morgan fingerprint density at radius 2 is 1.68 bits per heavy atom. The van der Waals surface area contributed by atoms with E-state index >= 15 is 0 Å². The van der Waals surface area contributed by atoms with Crippen molar-refractivity contribution in [1.29, 1.82) is 0 Å². The summed E-state index contributed by atoms with van der Waals surface area (Å²) in [5.74, 6) is -0.0660. The lowest BCUT2D eigenvalue weighted by molar-refractivity contribution is -0.862. The summed E-state index contributed by atoms with van der Waals surface area (Å²) < 4.78 is 0. The van der Waals surface area contributed by atoms with Gasteiger partial charge in [-0.25, -0.2) is 0 Å². The van der Waals surface area contributed by atoms with Crippen LogP contribution in [0.15, 0.2) is 24.3 Å². The van der Waals surface area contributed by atoms with E-state index in [2.05, 4.69) is 33.0 Å². The minimum atomic E-state index is -0.156. The van der Waals surface area contributed by atoms with Crippen LogP contribution in [0.3, 0.4) is 0 Å². The van der Waals surface area contributed by atoms with Crippen molar-refractivity contribution in [2.75, 3.05) is 25.5 Å². The molecule has 0 saturated carbocycles. The number of hydrogen-bond donors (Lipinski definition) is 2. The number of anilines is 1. The number of amides is 2. The van der Waals surface area contributed by atoms with Crippen molar-refractivity contribution < 1.29 is 14.5 Å². The molecule has 1 aromatic carbocycles.